The van der Waals surface area contributed by atoms with Crippen molar-refractivity contribution in [2.24, 2.45) is 5.41 Å². The SMILES string of the molecule is Cc1cc(C(O)C2(C#N)CCS(=O)(=O)C2)ccc1F. The normalized spacial score (nSPS) is 26.8. The van der Waals surface area contributed by atoms with Crippen molar-refractivity contribution >= 4 is 9.84 Å². The highest BCUT2D eigenvalue weighted by molar-refractivity contribution is 7.91. The van der Waals surface area contributed by atoms with Crippen LogP contribution in [0.1, 0.15) is 23.7 Å². The van der Waals surface area contributed by atoms with Crippen molar-refractivity contribution in [2.45, 2.75) is 19.4 Å². The summed E-state index contributed by atoms with van der Waals surface area (Å²) in [5, 5.41) is 19.6. The Hall–Kier alpha value is -1.45. The fraction of sp³-hybridized carbons (Fsp3) is 0.462. The Morgan fingerprint density at radius 3 is 2.68 bits per heavy atom. The Balaban J connectivity index is 2.40. The molecule has 2 unspecified atom stereocenters. The molecule has 1 aliphatic rings. The average Bonchev–Trinajstić information content (AvgIpc) is 2.69. The Kier molecular flexibility index (Phi) is 3.37. The lowest BCUT2D eigenvalue weighted by Gasteiger charge is -2.26. The highest BCUT2D eigenvalue weighted by Gasteiger charge is 2.48. The van der Waals surface area contributed by atoms with Crippen molar-refractivity contribution in [3.05, 3.63) is 35.1 Å². The third kappa shape index (κ3) is 2.48. The van der Waals surface area contributed by atoms with E-state index in [0.29, 0.717) is 11.1 Å². The molecule has 1 aromatic carbocycles. The number of hydrogen-bond donors (Lipinski definition) is 1. The Morgan fingerprint density at radius 1 is 1.53 bits per heavy atom. The van der Waals surface area contributed by atoms with Gasteiger partial charge in [0.15, 0.2) is 9.84 Å². The highest BCUT2D eigenvalue weighted by Crippen LogP contribution is 2.43. The van der Waals surface area contributed by atoms with Gasteiger partial charge in [0.1, 0.15) is 11.2 Å². The number of nitrogens with zero attached hydrogens (tertiary/aromatic N) is 1. The summed E-state index contributed by atoms with van der Waals surface area (Å²) in [6, 6.07) is 5.99. The van der Waals surface area contributed by atoms with Gasteiger partial charge in [0, 0.05) is 0 Å². The Labute approximate surface area is 111 Å². The van der Waals surface area contributed by atoms with E-state index < -0.39 is 27.2 Å². The van der Waals surface area contributed by atoms with E-state index in [1.807, 2.05) is 6.07 Å². The van der Waals surface area contributed by atoms with Gasteiger partial charge in [0.05, 0.1) is 23.7 Å². The third-order valence-electron chi connectivity index (χ3n) is 3.58. The first-order valence-electron chi connectivity index (χ1n) is 5.85. The zero-order valence-corrected chi connectivity index (χ0v) is 11.2. The standard InChI is InChI=1S/C13H14FNO3S/c1-9-6-10(2-3-11(9)14)12(16)13(7-15)4-5-19(17,18)8-13/h2-3,6,12,16H,4-5,8H2,1H3. The predicted molar refractivity (Wildman–Crippen MR) is 67.4 cm³/mol. The summed E-state index contributed by atoms with van der Waals surface area (Å²) in [5.74, 6) is -0.854. The quantitative estimate of drug-likeness (QED) is 0.892. The summed E-state index contributed by atoms with van der Waals surface area (Å²) >= 11 is 0. The number of benzene rings is 1. The van der Waals surface area contributed by atoms with Crippen molar-refractivity contribution in [1.82, 2.24) is 0 Å². The van der Waals surface area contributed by atoms with Crippen LogP contribution in [0.25, 0.3) is 0 Å². The summed E-state index contributed by atoms with van der Waals surface area (Å²) in [5.41, 5.74) is -0.605. The molecule has 102 valence electrons. The van der Waals surface area contributed by atoms with Gasteiger partial charge in [0.2, 0.25) is 0 Å². The number of aryl methyl sites for hydroxylation is 1. The van der Waals surface area contributed by atoms with Crippen LogP contribution in [0.4, 0.5) is 4.39 Å². The third-order valence-corrected chi connectivity index (χ3v) is 5.36. The number of aliphatic hydroxyl groups excluding tert-OH is 1. The molecule has 6 heteroatoms. The lowest BCUT2D eigenvalue weighted by atomic mass is 9.79. The van der Waals surface area contributed by atoms with Crippen molar-refractivity contribution < 1.29 is 17.9 Å². The summed E-state index contributed by atoms with van der Waals surface area (Å²) < 4.78 is 36.3. The number of aliphatic hydroxyl groups is 1. The molecule has 2 atom stereocenters. The topological polar surface area (TPSA) is 78.2 Å². The van der Waals surface area contributed by atoms with Gasteiger partial charge in [-0.2, -0.15) is 5.26 Å². The minimum Gasteiger partial charge on any atom is -0.387 e. The van der Waals surface area contributed by atoms with E-state index in [1.165, 1.54) is 18.2 Å². The molecular weight excluding hydrogens is 269 g/mol. The molecule has 4 nitrogen and oxygen atoms in total. The van der Waals surface area contributed by atoms with E-state index >= 15 is 0 Å². The second kappa shape index (κ2) is 4.58. The molecule has 1 saturated heterocycles. The average molecular weight is 283 g/mol. The van der Waals surface area contributed by atoms with Gasteiger partial charge in [-0.05, 0) is 30.5 Å². The molecule has 19 heavy (non-hydrogen) atoms. The van der Waals surface area contributed by atoms with Gasteiger partial charge < -0.3 is 5.11 Å². The highest BCUT2D eigenvalue weighted by atomic mass is 32.2. The molecule has 2 rings (SSSR count). The van der Waals surface area contributed by atoms with Crippen LogP contribution in [0.3, 0.4) is 0 Å². The number of nitriles is 1. The Morgan fingerprint density at radius 2 is 2.21 bits per heavy atom. The molecule has 0 radical (unpaired) electrons. The predicted octanol–water partition coefficient (Wildman–Crippen LogP) is 1.50. The molecule has 1 heterocycles. The molecule has 0 amide bonds. The maximum Gasteiger partial charge on any atom is 0.152 e. The molecule has 1 aliphatic heterocycles. The van der Waals surface area contributed by atoms with Crippen LogP contribution in [0.2, 0.25) is 0 Å². The van der Waals surface area contributed by atoms with Crippen LogP contribution in [0, 0.1) is 29.5 Å². The molecule has 0 bridgehead atoms. The molecule has 0 saturated carbocycles. The molecule has 0 aromatic heterocycles. The van der Waals surface area contributed by atoms with Crippen LogP contribution in [0.5, 0.6) is 0 Å². The van der Waals surface area contributed by atoms with Crippen LogP contribution < -0.4 is 0 Å². The van der Waals surface area contributed by atoms with E-state index in [0.717, 1.165) is 0 Å². The van der Waals surface area contributed by atoms with Crippen molar-refractivity contribution in [3.63, 3.8) is 0 Å². The molecule has 0 spiro atoms. The zero-order chi connectivity index (χ0) is 14.3. The van der Waals surface area contributed by atoms with Crippen molar-refractivity contribution in [3.8, 4) is 6.07 Å². The van der Waals surface area contributed by atoms with E-state index in [2.05, 4.69) is 0 Å². The minimum atomic E-state index is -3.29. The van der Waals surface area contributed by atoms with Gasteiger partial charge in [-0.3, -0.25) is 0 Å². The van der Waals surface area contributed by atoms with Gasteiger partial charge >= 0.3 is 0 Å². The van der Waals surface area contributed by atoms with Crippen LogP contribution in [-0.2, 0) is 9.84 Å². The monoisotopic (exact) mass is 283 g/mol. The van der Waals surface area contributed by atoms with Gasteiger partial charge in [-0.1, -0.05) is 12.1 Å². The van der Waals surface area contributed by atoms with E-state index in [4.69, 9.17) is 0 Å². The minimum absolute atomic E-state index is 0.0994. The van der Waals surface area contributed by atoms with E-state index in [-0.39, 0.29) is 17.9 Å². The molecule has 1 fully saturated rings. The zero-order valence-electron chi connectivity index (χ0n) is 10.4. The lowest BCUT2D eigenvalue weighted by Crippen LogP contribution is -2.29. The summed E-state index contributed by atoms with van der Waals surface area (Å²) in [4.78, 5) is 0. The van der Waals surface area contributed by atoms with Gasteiger partial charge in [0.25, 0.3) is 0 Å². The molecular formula is C13H14FNO3S. The molecule has 1 N–H and O–H groups in total. The summed E-state index contributed by atoms with van der Waals surface area (Å²) in [7, 11) is -3.29. The number of halogens is 1. The first kappa shape index (κ1) is 14.0. The molecule has 0 aliphatic carbocycles. The smallest absolute Gasteiger partial charge is 0.152 e. The largest absolute Gasteiger partial charge is 0.387 e. The van der Waals surface area contributed by atoms with Gasteiger partial charge in [-0.15, -0.1) is 0 Å². The van der Waals surface area contributed by atoms with Crippen molar-refractivity contribution in [2.75, 3.05) is 11.5 Å². The molecule has 1 aromatic rings. The first-order valence-corrected chi connectivity index (χ1v) is 7.68. The number of rotatable bonds is 2. The number of sulfone groups is 1. The van der Waals surface area contributed by atoms with Gasteiger partial charge in [-0.25, -0.2) is 12.8 Å². The van der Waals surface area contributed by atoms with E-state index in [1.54, 1.807) is 6.92 Å². The van der Waals surface area contributed by atoms with Crippen LogP contribution in [0.15, 0.2) is 18.2 Å². The second-order valence-corrected chi connectivity index (χ2v) is 7.21. The number of hydrogen-bond acceptors (Lipinski definition) is 4. The van der Waals surface area contributed by atoms with Crippen LogP contribution >= 0.6 is 0 Å². The maximum absolute atomic E-state index is 13.2. The second-order valence-electron chi connectivity index (χ2n) is 5.02. The fourth-order valence-corrected chi connectivity index (χ4v) is 4.37. The fourth-order valence-electron chi connectivity index (χ4n) is 2.40. The van der Waals surface area contributed by atoms with E-state index in [9.17, 15) is 23.2 Å². The Bertz CT molecular complexity index is 650. The van der Waals surface area contributed by atoms with Crippen molar-refractivity contribution in [1.29, 1.82) is 5.26 Å². The summed E-state index contributed by atoms with van der Waals surface area (Å²) in [6.45, 7) is 1.55. The summed E-state index contributed by atoms with van der Waals surface area (Å²) in [6.07, 6.45) is -1.13. The van der Waals surface area contributed by atoms with Crippen LogP contribution in [-0.4, -0.2) is 25.0 Å². The lowest BCUT2D eigenvalue weighted by molar-refractivity contribution is 0.0792. The first-order chi connectivity index (χ1) is 8.80. The maximum atomic E-state index is 13.2.